The molecular weight excluding hydrogens is 248 g/mol. The van der Waals surface area contributed by atoms with Crippen molar-refractivity contribution in [2.75, 3.05) is 0 Å². The third-order valence-corrected chi connectivity index (χ3v) is 3.65. The minimum Gasteiger partial charge on any atom is -0.309 e. The maximum absolute atomic E-state index is 6.04. The molecule has 0 aliphatic heterocycles. The minimum absolute atomic E-state index is 0.411. The van der Waals surface area contributed by atoms with Gasteiger partial charge in [-0.25, -0.2) is 4.98 Å². The van der Waals surface area contributed by atoms with E-state index in [4.69, 9.17) is 11.6 Å². The molecule has 18 heavy (non-hydrogen) atoms. The molecule has 0 saturated heterocycles. The lowest BCUT2D eigenvalue weighted by Gasteiger charge is -2.16. The molecular formula is C13H21ClN4. The van der Waals surface area contributed by atoms with E-state index < -0.39 is 0 Å². The van der Waals surface area contributed by atoms with Crippen LogP contribution in [0.4, 0.5) is 0 Å². The van der Waals surface area contributed by atoms with Gasteiger partial charge in [-0.15, -0.1) is 11.6 Å². The molecule has 0 bridgehead atoms. The van der Waals surface area contributed by atoms with Gasteiger partial charge in [-0.05, 0) is 19.8 Å². The Morgan fingerprint density at radius 1 is 1.33 bits per heavy atom. The SMILES string of the molecule is CCCC(C)n1c(CCl)nc2c(CC)nn(C)c21. The van der Waals surface area contributed by atoms with Gasteiger partial charge < -0.3 is 4.57 Å². The molecule has 4 nitrogen and oxygen atoms in total. The van der Waals surface area contributed by atoms with E-state index >= 15 is 0 Å². The highest BCUT2D eigenvalue weighted by Gasteiger charge is 2.20. The van der Waals surface area contributed by atoms with Gasteiger partial charge in [0, 0.05) is 13.1 Å². The van der Waals surface area contributed by atoms with Gasteiger partial charge in [-0.1, -0.05) is 20.3 Å². The molecule has 0 N–H and O–H groups in total. The van der Waals surface area contributed by atoms with Gasteiger partial charge in [0.25, 0.3) is 0 Å². The molecule has 0 aromatic carbocycles. The van der Waals surface area contributed by atoms with Crippen LogP contribution in [0.25, 0.3) is 11.2 Å². The highest BCUT2D eigenvalue weighted by molar-refractivity contribution is 6.16. The molecule has 0 fully saturated rings. The zero-order valence-corrected chi connectivity index (χ0v) is 12.3. The third-order valence-electron chi connectivity index (χ3n) is 3.41. The van der Waals surface area contributed by atoms with Gasteiger partial charge in [0.05, 0.1) is 11.6 Å². The zero-order valence-electron chi connectivity index (χ0n) is 11.6. The van der Waals surface area contributed by atoms with Crippen molar-refractivity contribution in [3.05, 3.63) is 11.5 Å². The number of aromatic nitrogens is 4. The van der Waals surface area contributed by atoms with Gasteiger partial charge in [-0.3, -0.25) is 4.68 Å². The fraction of sp³-hybridized carbons (Fsp3) is 0.692. The number of fused-ring (bicyclic) bond motifs is 1. The summed E-state index contributed by atoms with van der Waals surface area (Å²) in [4.78, 5) is 4.67. The van der Waals surface area contributed by atoms with E-state index in [0.29, 0.717) is 11.9 Å². The van der Waals surface area contributed by atoms with Crippen molar-refractivity contribution in [3.63, 3.8) is 0 Å². The van der Waals surface area contributed by atoms with Gasteiger partial charge in [0.2, 0.25) is 0 Å². The standard InChI is InChI=1S/C13H21ClN4/c1-5-7-9(3)18-11(8-14)15-12-10(6-2)16-17(4)13(12)18/h9H,5-8H2,1-4H3. The Kier molecular flexibility index (Phi) is 3.95. The monoisotopic (exact) mass is 268 g/mol. The number of imidazole rings is 1. The Morgan fingerprint density at radius 3 is 2.61 bits per heavy atom. The van der Waals surface area contributed by atoms with Gasteiger partial charge in [0.1, 0.15) is 11.3 Å². The molecule has 5 heteroatoms. The van der Waals surface area contributed by atoms with Crippen molar-refractivity contribution in [2.24, 2.45) is 7.05 Å². The highest BCUT2D eigenvalue weighted by atomic mass is 35.5. The van der Waals surface area contributed by atoms with E-state index in [1.165, 1.54) is 0 Å². The average molecular weight is 269 g/mol. The van der Waals surface area contributed by atoms with E-state index in [9.17, 15) is 0 Å². The first-order chi connectivity index (χ1) is 8.63. The summed E-state index contributed by atoms with van der Waals surface area (Å²) in [7, 11) is 1.98. The molecule has 0 spiro atoms. The summed E-state index contributed by atoms with van der Waals surface area (Å²) < 4.78 is 4.18. The molecule has 1 unspecified atom stereocenters. The van der Waals surface area contributed by atoms with Crippen LogP contribution in [-0.4, -0.2) is 19.3 Å². The summed E-state index contributed by atoms with van der Waals surface area (Å²) in [6.07, 6.45) is 3.18. The predicted octanol–water partition coefficient (Wildman–Crippen LogP) is 3.43. The Bertz CT molecular complexity index is 541. The Morgan fingerprint density at radius 2 is 2.06 bits per heavy atom. The maximum Gasteiger partial charge on any atom is 0.158 e. The average Bonchev–Trinajstić information content (AvgIpc) is 2.87. The quantitative estimate of drug-likeness (QED) is 0.779. The fourth-order valence-electron chi connectivity index (χ4n) is 2.59. The molecule has 0 aliphatic rings. The lowest BCUT2D eigenvalue weighted by molar-refractivity contribution is 0.490. The highest BCUT2D eigenvalue weighted by Crippen LogP contribution is 2.26. The number of alkyl halides is 1. The Hall–Kier alpha value is -1.03. The summed E-state index contributed by atoms with van der Waals surface area (Å²) in [5.41, 5.74) is 3.17. The molecule has 0 saturated carbocycles. The fourth-order valence-corrected chi connectivity index (χ4v) is 2.78. The van der Waals surface area contributed by atoms with Crippen molar-refractivity contribution in [1.82, 2.24) is 19.3 Å². The summed E-state index contributed by atoms with van der Waals surface area (Å²) >= 11 is 6.04. The van der Waals surface area contributed by atoms with Gasteiger partial charge in [0.15, 0.2) is 5.65 Å². The second-order valence-corrected chi connectivity index (χ2v) is 5.03. The first-order valence-corrected chi connectivity index (χ1v) is 7.16. The van der Waals surface area contributed by atoms with Crippen LogP contribution in [0.5, 0.6) is 0 Å². The summed E-state index contributed by atoms with van der Waals surface area (Å²) in [6, 6.07) is 0.411. The summed E-state index contributed by atoms with van der Waals surface area (Å²) in [5, 5.41) is 4.54. The van der Waals surface area contributed by atoms with E-state index in [2.05, 4.69) is 35.4 Å². The number of halogens is 1. The molecule has 0 amide bonds. The number of aryl methyl sites for hydroxylation is 2. The second kappa shape index (κ2) is 5.31. The van der Waals surface area contributed by atoms with Crippen molar-refractivity contribution in [1.29, 1.82) is 0 Å². The van der Waals surface area contributed by atoms with Crippen LogP contribution in [0.15, 0.2) is 0 Å². The van der Waals surface area contributed by atoms with Crippen LogP contribution >= 0.6 is 11.6 Å². The molecule has 1 atom stereocenters. The van der Waals surface area contributed by atoms with Crippen molar-refractivity contribution >= 4 is 22.8 Å². The van der Waals surface area contributed by atoms with Crippen LogP contribution < -0.4 is 0 Å². The van der Waals surface area contributed by atoms with Crippen molar-refractivity contribution in [2.45, 2.75) is 52.0 Å². The lowest BCUT2D eigenvalue weighted by atomic mass is 10.2. The molecule has 100 valence electrons. The van der Waals surface area contributed by atoms with E-state index in [-0.39, 0.29) is 0 Å². The van der Waals surface area contributed by atoms with Gasteiger partial charge >= 0.3 is 0 Å². The molecule has 2 aromatic heterocycles. The van der Waals surface area contributed by atoms with E-state index in [1.807, 2.05) is 11.7 Å². The molecule has 0 aliphatic carbocycles. The first kappa shape index (κ1) is 13.4. The topological polar surface area (TPSA) is 35.6 Å². The zero-order chi connectivity index (χ0) is 13.3. The van der Waals surface area contributed by atoms with Gasteiger partial charge in [-0.2, -0.15) is 5.10 Å². The van der Waals surface area contributed by atoms with Crippen LogP contribution in [0.3, 0.4) is 0 Å². The molecule has 2 heterocycles. The van der Waals surface area contributed by atoms with Crippen LogP contribution in [-0.2, 0) is 19.3 Å². The van der Waals surface area contributed by atoms with Crippen LogP contribution in [0.2, 0.25) is 0 Å². The van der Waals surface area contributed by atoms with Crippen molar-refractivity contribution in [3.8, 4) is 0 Å². The predicted molar refractivity (Wildman–Crippen MR) is 75.1 cm³/mol. The first-order valence-electron chi connectivity index (χ1n) is 6.62. The Balaban J connectivity index is 2.64. The lowest BCUT2D eigenvalue weighted by Crippen LogP contribution is -2.11. The largest absolute Gasteiger partial charge is 0.309 e. The number of rotatable bonds is 5. The van der Waals surface area contributed by atoms with E-state index in [0.717, 1.165) is 41.9 Å². The minimum atomic E-state index is 0.411. The normalized spacial score (nSPS) is 13.4. The molecule has 2 rings (SSSR count). The number of nitrogens with zero attached hydrogens (tertiary/aromatic N) is 4. The van der Waals surface area contributed by atoms with Crippen molar-refractivity contribution < 1.29 is 0 Å². The third kappa shape index (κ3) is 2.03. The number of hydrogen-bond donors (Lipinski definition) is 0. The number of hydrogen-bond acceptors (Lipinski definition) is 2. The van der Waals surface area contributed by atoms with Crippen LogP contribution in [0.1, 0.15) is 51.2 Å². The summed E-state index contributed by atoms with van der Waals surface area (Å²) in [6.45, 7) is 6.53. The summed E-state index contributed by atoms with van der Waals surface area (Å²) in [5.74, 6) is 1.40. The van der Waals surface area contributed by atoms with E-state index in [1.54, 1.807) is 0 Å². The Labute approximate surface area is 113 Å². The van der Waals surface area contributed by atoms with Crippen LogP contribution in [0, 0.1) is 0 Å². The maximum atomic E-state index is 6.04. The second-order valence-electron chi connectivity index (χ2n) is 4.77. The smallest absolute Gasteiger partial charge is 0.158 e. The molecule has 2 aromatic rings. The molecule has 0 radical (unpaired) electrons.